The number of hydrogen-bond donors (Lipinski definition) is 0. The van der Waals surface area contributed by atoms with Crippen molar-refractivity contribution in [2.45, 2.75) is 13.0 Å². The maximum Gasteiger partial charge on any atom is 0.227 e. The summed E-state index contributed by atoms with van der Waals surface area (Å²) >= 11 is 0. The Bertz CT molecular complexity index is 825. The Labute approximate surface area is 170 Å². The van der Waals surface area contributed by atoms with E-state index in [9.17, 15) is 9.18 Å². The van der Waals surface area contributed by atoms with Crippen LogP contribution in [0.2, 0.25) is 0 Å². The summed E-state index contributed by atoms with van der Waals surface area (Å²) in [4.78, 5) is 16.8. The predicted molar refractivity (Wildman–Crippen MR) is 108 cm³/mol. The summed E-state index contributed by atoms with van der Waals surface area (Å²) in [5.74, 6) is 1.43. The molecule has 0 saturated carbocycles. The Morgan fingerprint density at radius 2 is 1.59 bits per heavy atom. The molecule has 0 unspecified atom stereocenters. The van der Waals surface area contributed by atoms with E-state index < -0.39 is 0 Å². The fraction of sp³-hybridized carbons (Fsp3) is 0.409. The van der Waals surface area contributed by atoms with Crippen molar-refractivity contribution in [3.8, 4) is 17.2 Å². The highest BCUT2D eigenvalue weighted by atomic mass is 19.1. The van der Waals surface area contributed by atoms with Crippen molar-refractivity contribution in [3.05, 3.63) is 53.3 Å². The molecule has 0 N–H and O–H groups in total. The summed E-state index contributed by atoms with van der Waals surface area (Å²) in [7, 11) is 4.65. The third kappa shape index (κ3) is 4.98. The number of amides is 1. The third-order valence-corrected chi connectivity index (χ3v) is 5.16. The van der Waals surface area contributed by atoms with Gasteiger partial charge in [0.15, 0.2) is 11.5 Å². The maximum absolute atomic E-state index is 13.8. The number of hydrogen-bond acceptors (Lipinski definition) is 5. The molecular weight excluding hydrogens is 375 g/mol. The number of carbonyl (C=O) groups is 1. The van der Waals surface area contributed by atoms with Gasteiger partial charge >= 0.3 is 0 Å². The Morgan fingerprint density at radius 3 is 2.14 bits per heavy atom. The highest BCUT2D eigenvalue weighted by Crippen LogP contribution is 2.38. The average Bonchev–Trinajstić information content (AvgIpc) is 2.75. The van der Waals surface area contributed by atoms with Gasteiger partial charge in [-0.3, -0.25) is 9.69 Å². The van der Waals surface area contributed by atoms with Crippen LogP contribution in [0.4, 0.5) is 4.39 Å². The van der Waals surface area contributed by atoms with Crippen molar-refractivity contribution in [3.63, 3.8) is 0 Å². The molecule has 0 spiro atoms. The second-order valence-corrected chi connectivity index (χ2v) is 6.96. The molecule has 1 aliphatic rings. The number of piperazine rings is 1. The molecule has 6 nitrogen and oxygen atoms in total. The lowest BCUT2D eigenvalue weighted by Gasteiger charge is -2.35. The van der Waals surface area contributed by atoms with Gasteiger partial charge in [0.25, 0.3) is 0 Å². The quantitative estimate of drug-likeness (QED) is 0.713. The Balaban J connectivity index is 1.59. The molecule has 0 aliphatic carbocycles. The van der Waals surface area contributed by atoms with E-state index >= 15 is 0 Å². The molecule has 0 bridgehead atoms. The summed E-state index contributed by atoms with van der Waals surface area (Å²) in [6.07, 6.45) is 0.254. The average molecular weight is 402 g/mol. The molecule has 7 heteroatoms. The Hall–Kier alpha value is -2.80. The van der Waals surface area contributed by atoms with Crippen molar-refractivity contribution in [2.24, 2.45) is 0 Å². The molecule has 0 atom stereocenters. The first-order valence-corrected chi connectivity index (χ1v) is 9.58. The molecule has 0 radical (unpaired) electrons. The number of rotatable bonds is 7. The van der Waals surface area contributed by atoms with Gasteiger partial charge in [-0.15, -0.1) is 0 Å². The zero-order valence-corrected chi connectivity index (χ0v) is 17.1. The molecule has 156 valence electrons. The normalized spacial score (nSPS) is 14.6. The van der Waals surface area contributed by atoms with E-state index in [2.05, 4.69) is 4.90 Å². The van der Waals surface area contributed by atoms with Crippen molar-refractivity contribution in [1.82, 2.24) is 9.80 Å². The summed E-state index contributed by atoms with van der Waals surface area (Å²) < 4.78 is 29.9. The largest absolute Gasteiger partial charge is 0.493 e. The molecular formula is C22H27FN2O4. The zero-order valence-electron chi connectivity index (χ0n) is 17.1. The standard InChI is InChI=1S/C22H27FN2O4/c1-27-19-12-16(13-20(28-2)22(19)29-3)14-21(26)25-10-8-24(9-11-25)15-17-6-4-5-7-18(17)23/h4-7,12-13H,8-11,14-15H2,1-3H3. The maximum atomic E-state index is 13.8. The van der Waals surface area contributed by atoms with Crippen LogP contribution in [0, 0.1) is 5.82 Å². The minimum Gasteiger partial charge on any atom is -0.493 e. The first-order valence-electron chi connectivity index (χ1n) is 9.58. The van der Waals surface area contributed by atoms with E-state index in [4.69, 9.17) is 14.2 Å². The lowest BCUT2D eigenvalue weighted by molar-refractivity contribution is -0.132. The van der Waals surface area contributed by atoms with Gasteiger partial charge in [0.05, 0.1) is 27.8 Å². The third-order valence-electron chi connectivity index (χ3n) is 5.16. The van der Waals surface area contributed by atoms with Crippen LogP contribution in [0.25, 0.3) is 0 Å². The minimum atomic E-state index is -0.187. The smallest absolute Gasteiger partial charge is 0.227 e. The van der Waals surface area contributed by atoms with Gasteiger partial charge in [0.2, 0.25) is 11.7 Å². The highest BCUT2D eigenvalue weighted by molar-refractivity contribution is 5.79. The van der Waals surface area contributed by atoms with Gasteiger partial charge in [-0.05, 0) is 23.8 Å². The van der Waals surface area contributed by atoms with Gasteiger partial charge in [0, 0.05) is 38.3 Å². The topological polar surface area (TPSA) is 51.2 Å². The molecule has 1 aliphatic heterocycles. The molecule has 2 aromatic carbocycles. The highest BCUT2D eigenvalue weighted by Gasteiger charge is 2.23. The molecule has 1 fully saturated rings. The fourth-order valence-corrected chi connectivity index (χ4v) is 3.55. The lowest BCUT2D eigenvalue weighted by atomic mass is 10.1. The molecule has 3 rings (SSSR count). The Morgan fingerprint density at radius 1 is 0.966 bits per heavy atom. The molecule has 1 amide bonds. The van der Waals surface area contributed by atoms with Gasteiger partial charge in [-0.1, -0.05) is 18.2 Å². The van der Waals surface area contributed by atoms with Gasteiger partial charge in [0.1, 0.15) is 5.82 Å². The fourth-order valence-electron chi connectivity index (χ4n) is 3.55. The lowest BCUT2D eigenvalue weighted by Crippen LogP contribution is -2.48. The van der Waals surface area contributed by atoms with Crippen LogP contribution in [-0.4, -0.2) is 63.2 Å². The van der Waals surface area contributed by atoms with Crippen molar-refractivity contribution >= 4 is 5.91 Å². The van der Waals surface area contributed by atoms with Crippen LogP contribution in [0.1, 0.15) is 11.1 Å². The number of methoxy groups -OCH3 is 3. The number of benzene rings is 2. The summed E-state index contributed by atoms with van der Waals surface area (Å²) in [5, 5.41) is 0. The van der Waals surface area contributed by atoms with Crippen LogP contribution in [0.3, 0.4) is 0 Å². The van der Waals surface area contributed by atoms with E-state index in [0.29, 0.717) is 42.4 Å². The first kappa shape index (κ1) is 20.9. The number of carbonyl (C=O) groups excluding carboxylic acids is 1. The van der Waals surface area contributed by atoms with Crippen molar-refractivity contribution in [2.75, 3.05) is 47.5 Å². The predicted octanol–water partition coefficient (Wildman–Crippen LogP) is 2.74. The molecule has 29 heavy (non-hydrogen) atoms. The molecule has 1 saturated heterocycles. The van der Waals surface area contributed by atoms with Crippen LogP contribution in [0.15, 0.2) is 36.4 Å². The van der Waals surface area contributed by atoms with Gasteiger partial charge in [-0.25, -0.2) is 4.39 Å². The van der Waals surface area contributed by atoms with Crippen molar-refractivity contribution in [1.29, 1.82) is 0 Å². The van der Waals surface area contributed by atoms with Crippen molar-refractivity contribution < 1.29 is 23.4 Å². The van der Waals surface area contributed by atoms with Crippen LogP contribution in [0.5, 0.6) is 17.2 Å². The van der Waals surface area contributed by atoms with E-state index in [1.165, 1.54) is 6.07 Å². The summed E-state index contributed by atoms with van der Waals surface area (Å²) in [5.41, 5.74) is 1.49. The number of nitrogens with zero attached hydrogens (tertiary/aromatic N) is 2. The van der Waals surface area contributed by atoms with Gasteiger partial charge in [-0.2, -0.15) is 0 Å². The molecule has 0 aromatic heterocycles. The molecule has 2 aromatic rings. The van der Waals surface area contributed by atoms with E-state index in [1.54, 1.807) is 45.6 Å². The first-order chi connectivity index (χ1) is 14.0. The SMILES string of the molecule is COc1cc(CC(=O)N2CCN(Cc3ccccc3F)CC2)cc(OC)c1OC. The van der Waals surface area contributed by atoms with E-state index in [-0.39, 0.29) is 18.1 Å². The second-order valence-electron chi connectivity index (χ2n) is 6.96. The van der Waals surface area contributed by atoms with Gasteiger partial charge < -0.3 is 19.1 Å². The van der Waals surface area contributed by atoms with Crippen LogP contribution < -0.4 is 14.2 Å². The monoisotopic (exact) mass is 402 g/mol. The Kier molecular flexibility index (Phi) is 6.93. The minimum absolute atomic E-state index is 0.0461. The van der Waals surface area contributed by atoms with Crippen LogP contribution >= 0.6 is 0 Å². The zero-order chi connectivity index (χ0) is 20.8. The molecule has 1 heterocycles. The number of halogens is 1. The summed E-state index contributed by atoms with van der Waals surface area (Å²) in [6, 6.07) is 10.4. The van der Waals surface area contributed by atoms with E-state index in [1.807, 2.05) is 11.0 Å². The van der Waals surface area contributed by atoms with E-state index in [0.717, 1.165) is 18.7 Å². The number of ether oxygens (including phenoxy) is 3. The summed E-state index contributed by atoms with van der Waals surface area (Å²) in [6.45, 7) is 3.24. The van der Waals surface area contributed by atoms with Crippen LogP contribution in [-0.2, 0) is 17.8 Å². The second kappa shape index (κ2) is 9.60.